The van der Waals surface area contributed by atoms with Crippen molar-refractivity contribution in [2.45, 2.75) is 13.8 Å². The average Bonchev–Trinajstić information content (AvgIpc) is 2.88. The minimum absolute atomic E-state index is 0.334. The van der Waals surface area contributed by atoms with E-state index in [-0.39, 0.29) is 5.97 Å². The number of hydrogen-bond acceptors (Lipinski definition) is 5. The molecule has 0 unspecified atom stereocenters. The van der Waals surface area contributed by atoms with Gasteiger partial charge in [0, 0.05) is 12.7 Å². The third-order valence-electron chi connectivity index (χ3n) is 3.62. The van der Waals surface area contributed by atoms with Crippen LogP contribution < -0.4 is 5.32 Å². The number of hydrogen-bond donors (Lipinski definition) is 1. The lowest BCUT2D eigenvalue weighted by Gasteiger charge is -2.07. The molecule has 0 aliphatic heterocycles. The number of fused-ring (bicyclic) bond motifs is 1. The molecule has 1 aromatic carbocycles. The summed E-state index contributed by atoms with van der Waals surface area (Å²) in [6.07, 6.45) is 1.48. The van der Waals surface area contributed by atoms with Gasteiger partial charge in [0.15, 0.2) is 0 Å². The zero-order valence-electron chi connectivity index (χ0n) is 13.3. The van der Waals surface area contributed by atoms with Crippen LogP contribution in [0.4, 0.5) is 11.5 Å². The standard InChI is InChI=1S/C17H18N4O2/c1-4-23-17(22)14-9-13-15(18-10-19-16(13)21(14)3)20-12-7-5-11(2)6-8-12/h5-10H,4H2,1-3H3,(H,18,19,20). The number of aromatic nitrogens is 3. The summed E-state index contributed by atoms with van der Waals surface area (Å²) in [5.74, 6) is 0.291. The molecule has 23 heavy (non-hydrogen) atoms. The van der Waals surface area contributed by atoms with Gasteiger partial charge < -0.3 is 14.6 Å². The van der Waals surface area contributed by atoms with Gasteiger partial charge in [0.25, 0.3) is 0 Å². The van der Waals surface area contributed by atoms with E-state index in [1.807, 2.05) is 31.2 Å². The number of aryl methyl sites for hydroxylation is 2. The van der Waals surface area contributed by atoms with E-state index >= 15 is 0 Å². The first kappa shape index (κ1) is 15.0. The lowest BCUT2D eigenvalue weighted by molar-refractivity contribution is 0.0516. The summed E-state index contributed by atoms with van der Waals surface area (Å²) in [7, 11) is 1.79. The van der Waals surface area contributed by atoms with Gasteiger partial charge in [-0.2, -0.15) is 0 Å². The fraction of sp³-hybridized carbons (Fsp3) is 0.235. The fourth-order valence-electron chi connectivity index (χ4n) is 2.41. The van der Waals surface area contributed by atoms with E-state index in [2.05, 4.69) is 15.3 Å². The molecular formula is C17H18N4O2. The number of anilines is 2. The van der Waals surface area contributed by atoms with Crippen molar-refractivity contribution in [1.29, 1.82) is 0 Å². The molecule has 0 aliphatic rings. The molecular weight excluding hydrogens is 292 g/mol. The van der Waals surface area contributed by atoms with E-state index in [1.54, 1.807) is 24.6 Å². The van der Waals surface area contributed by atoms with Crippen molar-refractivity contribution < 1.29 is 9.53 Å². The molecule has 118 valence electrons. The predicted molar refractivity (Wildman–Crippen MR) is 88.9 cm³/mol. The van der Waals surface area contributed by atoms with E-state index in [9.17, 15) is 4.79 Å². The number of nitrogens with one attached hydrogen (secondary N) is 1. The maximum Gasteiger partial charge on any atom is 0.355 e. The van der Waals surface area contributed by atoms with Gasteiger partial charge in [-0.25, -0.2) is 14.8 Å². The molecule has 0 fully saturated rings. The number of nitrogens with zero attached hydrogens (tertiary/aromatic N) is 3. The fourth-order valence-corrected chi connectivity index (χ4v) is 2.41. The monoisotopic (exact) mass is 310 g/mol. The smallest absolute Gasteiger partial charge is 0.355 e. The second-order valence-corrected chi connectivity index (χ2v) is 5.26. The van der Waals surface area contributed by atoms with Crippen LogP contribution in [0.5, 0.6) is 0 Å². The molecule has 0 saturated heterocycles. The Morgan fingerprint density at radius 2 is 2.00 bits per heavy atom. The molecule has 0 atom stereocenters. The van der Waals surface area contributed by atoms with Crippen molar-refractivity contribution >= 4 is 28.5 Å². The Labute approximate surface area is 134 Å². The van der Waals surface area contributed by atoms with Crippen LogP contribution in [0.15, 0.2) is 36.7 Å². The summed E-state index contributed by atoms with van der Waals surface area (Å²) >= 11 is 0. The van der Waals surface area contributed by atoms with Gasteiger partial charge in [-0.3, -0.25) is 0 Å². The van der Waals surface area contributed by atoms with E-state index in [0.717, 1.165) is 11.1 Å². The van der Waals surface area contributed by atoms with Crippen LogP contribution in [0.3, 0.4) is 0 Å². The van der Waals surface area contributed by atoms with E-state index in [1.165, 1.54) is 11.9 Å². The van der Waals surface area contributed by atoms with Crippen molar-refractivity contribution in [2.24, 2.45) is 7.05 Å². The van der Waals surface area contributed by atoms with Crippen LogP contribution in [0.1, 0.15) is 23.0 Å². The lowest BCUT2D eigenvalue weighted by atomic mass is 10.2. The van der Waals surface area contributed by atoms with Gasteiger partial charge in [-0.15, -0.1) is 0 Å². The Kier molecular flexibility index (Phi) is 3.97. The molecule has 0 spiro atoms. The lowest BCUT2D eigenvalue weighted by Crippen LogP contribution is -2.09. The Bertz CT molecular complexity index is 853. The van der Waals surface area contributed by atoms with Crippen LogP contribution in [0.2, 0.25) is 0 Å². The van der Waals surface area contributed by atoms with Gasteiger partial charge in [-0.05, 0) is 32.0 Å². The van der Waals surface area contributed by atoms with Crippen molar-refractivity contribution in [3.05, 3.63) is 47.9 Å². The zero-order valence-corrected chi connectivity index (χ0v) is 13.3. The van der Waals surface area contributed by atoms with E-state index in [0.29, 0.717) is 23.8 Å². The Balaban J connectivity index is 2.02. The van der Waals surface area contributed by atoms with Crippen molar-refractivity contribution in [3.63, 3.8) is 0 Å². The minimum atomic E-state index is -0.366. The van der Waals surface area contributed by atoms with Gasteiger partial charge in [0.05, 0.1) is 12.0 Å². The number of ether oxygens (including phenoxy) is 1. The Morgan fingerprint density at radius 3 is 2.70 bits per heavy atom. The predicted octanol–water partition coefficient (Wildman–Crippen LogP) is 3.20. The molecule has 1 N–H and O–H groups in total. The zero-order chi connectivity index (χ0) is 16.4. The number of rotatable bonds is 4. The van der Waals surface area contributed by atoms with Crippen molar-refractivity contribution in [3.8, 4) is 0 Å². The summed E-state index contributed by atoms with van der Waals surface area (Å²) in [6.45, 7) is 4.15. The maximum absolute atomic E-state index is 12.0. The molecule has 2 aromatic heterocycles. The van der Waals surface area contributed by atoms with Gasteiger partial charge >= 0.3 is 5.97 Å². The first-order valence-corrected chi connectivity index (χ1v) is 7.41. The second kappa shape index (κ2) is 6.08. The molecule has 2 heterocycles. The molecule has 6 nitrogen and oxygen atoms in total. The number of esters is 1. The number of carbonyl (C=O) groups excluding carboxylic acids is 1. The molecule has 0 bridgehead atoms. The highest BCUT2D eigenvalue weighted by Gasteiger charge is 2.17. The summed E-state index contributed by atoms with van der Waals surface area (Å²) in [5.41, 5.74) is 3.25. The number of carbonyl (C=O) groups is 1. The Hall–Kier alpha value is -2.89. The van der Waals surface area contributed by atoms with Gasteiger partial charge in [0.2, 0.25) is 0 Å². The first-order chi connectivity index (χ1) is 11.1. The molecule has 0 radical (unpaired) electrons. The third kappa shape index (κ3) is 2.88. The molecule has 6 heteroatoms. The SMILES string of the molecule is CCOC(=O)c1cc2c(Nc3ccc(C)cc3)ncnc2n1C. The first-order valence-electron chi connectivity index (χ1n) is 7.41. The molecule has 3 aromatic rings. The quantitative estimate of drug-likeness (QED) is 0.749. The van der Waals surface area contributed by atoms with Gasteiger partial charge in [0.1, 0.15) is 23.5 Å². The highest BCUT2D eigenvalue weighted by atomic mass is 16.5. The summed E-state index contributed by atoms with van der Waals surface area (Å²) in [4.78, 5) is 20.6. The number of benzene rings is 1. The molecule has 0 saturated carbocycles. The largest absolute Gasteiger partial charge is 0.461 e. The van der Waals surface area contributed by atoms with Gasteiger partial charge in [-0.1, -0.05) is 17.7 Å². The van der Waals surface area contributed by atoms with E-state index in [4.69, 9.17) is 4.74 Å². The van der Waals surface area contributed by atoms with Crippen LogP contribution in [0.25, 0.3) is 11.0 Å². The third-order valence-corrected chi connectivity index (χ3v) is 3.62. The topological polar surface area (TPSA) is 69.0 Å². The van der Waals surface area contributed by atoms with Crippen LogP contribution in [-0.2, 0) is 11.8 Å². The highest BCUT2D eigenvalue weighted by Crippen LogP contribution is 2.26. The van der Waals surface area contributed by atoms with Crippen LogP contribution >= 0.6 is 0 Å². The molecule has 0 aliphatic carbocycles. The van der Waals surface area contributed by atoms with Crippen molar-refractivity contribution in [1.82, 2.24) is 14.5 Å². The summed E-state index contributed by atoms with van der Waals surface area (Å²) in [6, 6.07) is 9.77. The normalized spacial score (nSPS) is 10.7. The molecule has 3 rings (SSSR count). The van der Waals surface area contributed by atoms with E-state index < -0.39 is 0 Å². The molecule has 0 amide bonds. The maximum atomic E-state index is 12.0. The second-order valence-electron chi connectivity index (χ2n) is 5.26. The minimum Gasteiger partial charge on any atom is -0.461 e. The van der Waals surface area contributed by atoms with Crippen LogP contribution in [-0.4, -0.2) is 27.1 Å². The Morgan fingerprint density at radius 1 is 1.26 bits per heavy atom. The highest BCUT2D eigenvalue weighted by molar-refractivity contribution is 5.98. The van der Waals surface area contributed by atoms with Crippen molar-refractivity contribution in [2.75, 3.05) is 11.9 Å². The summed E-state index contributed by atoms with van der Waals surface area (Å²) in [5, 5.41) is 4.05. The summed E-state index contributed by atoms with van der Waals surface area (Å²) < 4.78 is 6.80. The van der Waals surface area contributed by atoms with Crippen LogP contribution in [0, 0.1) is 6.92 Å². The average molecular weight is 310 g/mol.